The third-order valence-electron chi connectivity index (χ3n) is 6.55. The molecular weight excluding hydrogens is 540 g/mol. The number of hydrogen-bond acceptors (Lipinski definition) is 5. The van der Waals surface area contributed by atoms with Crippen LogP contribution in [0.5, 0.6) is 0 Å². The van der Waals surface area contributed by atoms with Gasteiger partial charge in [0.05, 0.1) is 43.9 Å². The first-order valence-electron chi connectivity index (χ1n) is 12.1. The lowest BCUT2D eigenvalue weighted by Crippen LogP contribution is -2.39. The molecule has 4 rings (SSSR count). The van der Waals surface area contributed by atoms with E-state index < -0.39 is 17.5 Å². The molecule has 0 spiro atoms. The highest BCUT2D eigenvalue weighted by Gasteiger charge is 2.41. The molecule has 2 heterocycles. The number of rotatable bonds is 5. The third-order valence-corrected chi connectivity index (χ3v) is 7.30. The van der Waals surface area contributed by atoms with Crippen LogP contribution >= 0.6 is 23.2 Å². The maximum atomic E-state index is 13.1. The molecule has 0 radical (unpaired) electrons. The Morgan fingerprint density at radius 3 is 2.50 bits per heavy atom. The van der Waals surface area contributed by atoms with E-state index in [1.54, 1.807) is 29.2 Å². The van der Waals surface area contributed by atoms with Crippen molar-refractivity contribution < 1.29 is 18.0 Å². The summed E-state index contributed by atoms with van der Waals surface area (Å²) in [5.74, 6) is -1.14. The van der Waals surface area contributed by atoms with Crippen molar-refractivity contribution in [2.24, 2.45) is 11.3 Å². The van der Waals surface area contributed by atoms with Gasteiger partial charge < -0.3 is 20.5 Å². The monoisotopic (exact) mass is 566 g/mol. The molecule has 1 fully saturated rings. The SMILES string of the molecule is CC(C)(C)C(=O)NCc1ccc(Cl)c(Nc2nc3cc(C#N)c(N4CCC(C(F)(F)F)CC4)cc3[nH]2)c1Cl. The van der Waals surface area contributed by atoms with Crippen LogP contribution in [0.25, 0.3) is 11.0 Å². The molecule has 0 saturated carbocycles. The Hall–Kier alpha value is -3.16. The van der Waals surface area contributed by atoms with Gasteiger partial charge in [-0.05, 0) is 36.6 Å². The molecule has 12 heteroatoms. The predicted octanol–water partition coefficient (Wildman–Crippen LogP) is 6.93. The van der Waals surface area contributed by atoms with E-state index in [1.807, 2.05) is 20.8 Å². The number of nitrogens with one attached hydrogen (secondary N) is 3. The number of amides is 1. The number of benzene rings is 2. The minimum atomic E-state index is -4.21. The van der Waals surface area contributed by atoms with E-state index in [9.17, 15) is 23.2 Å². The molecule has 2 aromatic carbocycles. The Morgan fingerprint density at radius 2 is 1.89 bits per heavy atom. The topological polar surface area (TPSA) is 96.8 Å². The maximum absolute atomic E-state index is 13.1. The van der Waals surface area contributed by atoms with Gasteiger partial charge in [-0.2, -0.15) is 18.4 Å². The van der Waals surface area contributed by atoms with E-state index in [0.29, 0.717) is 49.5 Å². The number of carbonyl (C=O) groups is 1. The Balaban J connectivity index is 1.57. The normalized spacial score (nSPS) is 15.0. The number of nitriles is 1. The molecular formula is C26H27Cl2F3N6O. The number of piperidine rings is 1. The second kappa shape index (κ2) is 10.5. The fraction of sp³-hybridized carbons (Fsp3) is 0.423. The molecule has 0 atom stereocenters. The molecule has 1 saturated heterocycles. The van der Waals surface area contributed by atoms with Crippen LogP contribution in [0.3, 0.4) is 0 Å². The van der Waals surface area contributed by atoms with Crippen molar-refractivity contribution in [3.8, 4) is 6.07 Å². The Morgan fingerprint density at radius 1 is 1.21 bits per heavy atom. The Labute approximate surface area is 228 Å². The molecule has 3 N–H and O–H groups in total. The van der Waals surface area contributed by atoms with Gasteiger partial charge in [0.15, 0.2) is 0 Å². The fourth-order valence-electron chi connectivity index (χ4n) is 4.31. The number of imidazole rings is 1. The molecule has 0 bridgehead atoms. The van der Waals surface area contributed by atoms with Crippen LogP contribution in [-0.4, -0.2) is 35.1 Å². The van der Waals surface area contributed by atoms with Gasteiger partial charge in [0, 0.05) is 25.0 Å². The van der Waals surface area contributed by atoms with Crippen molar-refractivity contribution in [3.63, 3.8) is 0 Å². The summed E-state index contributed by atoms with van der Waals surface area (Å²) in [6.45, 7) is 6.05. The van der Waals surface area contributed by atoms with Crippen molar-refractivity contribution in [1.29, 1.82) is 5.26 Å². The molecule has 0 aliphatic carbocycles. The zero-order chi connectivity index (χ0) is 27.8. The Bertz CT molecular complexity index is 1400. The summed E-state index contributed by atoms with van der Waals surface area (Å²) in [7, 11) is 0. The van der Waals surface area contributed by atoms with Crippen molar-refractivity contribution in [2.45, 2.75) is 46.3 Å². The number of aromatic nitrogens is 2. The summed E-state index contributed by atoms with van der Waals surface area (Å²) in [6.07, 6.45) is -4.26. The quantitative estimate of drug-likeness (QED) is 0.311. The smallest absolute Gasteiger partial charge is 0.370 e. The average Bonchev–Trinajstić information content (AvgIpc) is 3.25. The number of alkyl halides is 3. The number of halogens is 5. The van der Waals surface area contributed by atoms with Crippen LogP contribution in [0.15, 0.2) is 24.3 Å². The summed E-state index contributed by atoms with van der Waals surface area (Å²) in [6, 6.07) is 8.84. The number of nitrogens with zero attached hydrogens (tertiary/aromatic N) is 3. The fourth-order valence-corrected chi connectivity index (χ4v) is 4.84. The predicted molar refractivity (Wildman–Crippen MR) is 143 cm³/mol. The number of aromatic amines is 1. The van der Waals surface area contributed by atoms with E-state index in [1.165, 1.54) is 0 Å². The van der Waals surface area contributed by atoms with Crippen LogP contribution in [0.2, 0.25) is 10.0 Å². The highest BCUT2D eigenvalue weighted by Crippen LogP contribution is 2.38. The van der Waals surface area contributed by atoms with Crippen molar-refractivity contribution in [1.82, 2.24) is 15.3 Å². The average molecular weight is 567 g/mol. The highest BCUT2D eigenvalue weighted by molar-refractivity contribution is 6.39. The molecule has 0 unspecified atom stereocenters. The van der Waals surface area contributed by atoms with E-state index in [2.05, 4.69) is 26.7 Å². The molecule has 7 nitrogen and oxygen atoms in total. The maximum Gasteiger partial charge on any atom is 0.391 e. The van der Waals surface area contributed by atoms with Gasteiger partial charge in [0.1, 0.15) is 6.07 Å². The van der Waals surface area contributed by atoms with Gasteiger partial charge in [-0.1, -0.05) is 50.0 Å². The number of carbonyl (C=O) groups excluding carboxylic acids is 1. The van der Waals surface area contributed by atoms with Gasteiger partial charge in [0.25, 0.3) is 0 Å². The van der Waals surface area contributed by atoms with Crippen molar-refractivity contribution >= 4 is 57.5 Å². The van der Waals surface area contributed by atoms with Crippen LogP contribution in [0.1, 0.15) is 44.7 Å². The minimum Gasteiger partial charge on any atom is -0.370 e. The van der Waals surface area contributed by atoms with Gasteiger partial charge in [-0.3, -0.25) is 4.79 Å². The summed E-state index contributed by atoms with van der Waals surface area (Å²) >= 11 is 13.0. The highest BCUT2D eigenvalue weighted by atomic mass is 35.5. The van der Waals surface area contributed by atoms with Gasteiger partial charge >= 0.3 is 6.18 Å². The lowest BCUT2D eigenvalue weighted by atomic mass is 9.95. The number of H-pyrrole nitrogens is 1. The number of hydrogen-bond donors (Lipinski definition) is 3. The van der Waals surface area contributed by atoms with Crippen LogP contribution in [0.4, 0.5) is 30.5 Å². The minimum absolute atomic E-state index is 0.0221. The summed E-state index contributed by atoms with van der Waals surface area (Å²) in [4.78, 5) is 21.7. The molecule has 1 aromatic heterocycles. The third kappa shape index (κ3) is 5.94. The molecule has 1 aliphatic heterocycles. The number of anilines is 3. The van der Waals surface area contributed by atoms with E-state index >= 15 is 0 Å². The first-order valence-corrected chi connectivity index (χ1v) is 12.8. The summed E-state index contributed by atoms with van der Waals surface area (Å²) < 4.78 is 39.3. The molecule has 3 aromatic rings. The van der Waals surface area contributed by atoms with Crippen LogP contribution < -0.4 is 15.5 Å². The van der Waals surface area contributed by atoms with E-state index in [4.69, 9.17) is 23.2 Å². The van der Waals surface area contributed by atoms with Crippen LogP contribution in [0, 0.1) is 22.7 Å². The van der Waals surface area contributed by atoms with E-state index in [-0.39, 0.29) is 38.4 Å². The van der Waals surface area contributed by atoms with Gasteiger partial charge in [-0.25, -0.2) is 4.98 Å². The molecule has 1 amide bonds. The molecule has 38 heavy (non-hydrogen) atoms. The second-order valence-electron chi connectivity index (χ2n) is 10.3. The first-order chi connectivity index (χ1) is 17.8. The van der Waals surface area contributed by atoms with Gasteiger partial charge in [0.2, 0.25) is 11.9 Å². The summed E-state index contributed by atoms with van der Waals surface area (Å²) in [5.41, 5.74) is 2.48. The van der Waals surface area contributed by atoms with Crippen LogP contribution in [-0.2, 0) is 11.3 Å². The first kappa shape index (κ1) is 27.9. The zero-order valence-corrected chi connectivity index (χ0v) is 22.6. The van der Waals surface area contributed by atoms with E-state index in [0.717, 1.165) is 0 Å². The zero-order valence-electron chi connectivity index (χ0n) is 21.1. The lowest BCUT2D eigenvalue weighted by molar-refractivity contribution is -0.179. The second-order valence-corrected chi connectivity index (χ2v) is 11.1. The van der Waals surface area contributed by atoms with Crippen molar-refractivity contribution in [2.75, 3.05) is 23.3 Å². The molecule has 202 valence electrons. The van der Waals surface area contributed by atoms with Gasteiger partial charge in [-0.15, -0.1) is 0 Å². The summed E-state index contributed by atoms with van der Waals surface area (Å²) in [5, 5.41) is 16.3. The van der Waals surface area contributed by atoms with Crippen molar-refractivity contribution in [3.05, 3.63) is 45.4 Å². The standard InChI is InChI=1S/C26H27Cl2F3N6O/c1-25(2,3)23(38)33-13-14-4-5-17(27)22(21(14)28)36-24-34-18-10-15(12-32)20(11-19(18)35-24)37-8-6-16(7-9-37)26(29,30)31/h4-5,10-11,16H,6-9,13H2,1-3H3,(H,33,38)(H2,34,35,36). The Kier molecular flexibility index (Phi) is 7.73. The number of fused-ring (bicyclic) bond motifs is 1. The lowest BCUT2D eigenvalue weighted by Gasteiger charge is -2.34. The molecule has 1 aliphatic rings. The largest absolute Gasteiger partial charge is 0.391 e.